The number of anilines is 1. The molecule has 0 unspecified atom stereocenters. The number of hydrogen-bond acceptors (Lipinski definition) is 6. The van der Waals surface area contributed by atoms with E-state index in [1.807, 2.05) is 13.8 Å². The zero-order valence-electron chi connectivity index (χ0n) is 18.1. The van der Waals surface area contributed by atoms with E-state index in [-0.39, 0.29) is 23.9 Å². The van der Waals surface area contributed by atoms with Crippen LogP contribution in [0, 0.1) is 5.92 Å². The van der Waals surface area contributed by atoms with Crippen LogP contribution in [0.25, 0.3) is 0 Å². The van der Waals surface area contributed by atoms with E-state index in [1.54, 1.807) is 41.3 Å². The number of nitrogens with zero attached hydrogens (tertiary/aromatic N) is 1. The van der Waals surface area contributed by atoms with Gasteiger partial charge in [-0.1, -0.05) is 13.8 Å². The topological polar surface area (TPSA) is 82.1 Å². The van der Waals surface area contributed by atoms with Crippen LogP contribution in [0.4, 0.5) is 5.69 Å². The Hall–Kier alpha value is -3.35. The number of Topliss-reactive ketones (excluding diaryl/α,β-unsaturated/α-hetero) is 1. The summed E-state index contributed by atoms with van der Waals surface area (Å²) in [6, 6.07) is 11.5. The van der Waals surface area contributed by atoms with E-state index in [2.05, 4.69) is 0 Å². The molecular weight excluding hydrogens is 398 g/mol. The maximum Gasteiger partial charge on any atom is 0.338 e. The van der Waals surface area contributed by atoms with Crippen molar-refractivity contribution in [3.63, 3.8) is 0 Å². The number of methoxy groups -OCH3 is 1. The maximum atomic E-state index is 12.4. The van der Waals surface area contributed by atoms with E-state index in [0.29, 0.717) is 42.6 Å². The SMILES string of the molecule is COc1cc(C(=O)OCC(=O)c2ccc(N3CCCC3=O)cc2)ccc1OCC(C)C. The molecule has 7 nitrogen and oxygen atoms in total. The molecule has 1 heterocycles. The molecule has 0 N–H and O–H groups in total. The molecule has 2 aromatic carbocycles. The maximum absolute atomic E-state index is 12.4. The molecule has 0 aliphatic carbocycles. The number of benzene rings is 2. The van der Waals surface area contributed by atoms with Crippen molar-refractivity contribution in [3.05, 3.63) is 53.6 Å². The molecule has 3 rings (SSSR count). The molecule has 31 heavy (non-hydrogen) atoms. The van der Waals surface area contributed by atoms with Gasteiger partial charge in [0.2, 0.25) is 5.91 Å². The van der Waals surface area contributed by atoms with Crippen LogP contribution in [0.2, 0.25) is 0 Å². The van der Waals surface area contributed by atoms with Crippen molar-refractivity contribution in [2.24, 2.45) is 5.92 Å². The van der Waals surface area contributed by atoms with Crippen LogP contribution in [-0.4, -0.2) is 44.5 Å². The lowest BCUT2D eigenvalue weighted by atomic mass is 10.1. The lowest BCUT2D eigenvalue weighted by Crippen LogP contribution is -2.23. The third-order valence-corrected chi connectivity index (χ3v) is 4.88. The average Bonchev–Trinajstić information content (AvgIpc) is 3.21. The van der Waals surface area contributed by atoms with Crippen LogP contribution in [0.3, 0.4) is 0 Å². The minimum absolute atomic E-state index is 0.0871. The normalized spacial score (nSPS) is 13.4. The molecule has 1 fully saturated rings. The summed E-state index contributed by atoms with van der Waals surface area (Å²) >= 11 is 0. The zero-order chi connectivity index (χ0) is 22.4. The van der Waals surface area contributed by atoms with Gasteiger partial charge in [-0.3, -0.25) is 9.59 Å². The molecular formula is C24H27NO6. The average molecular weight is 425 g/mol. The number of hydrogen-bond donors (Lipinski definition) is 0. The van der Waals surface area contributed by atoms with E-state index in [1.165, 1.54) is 13.2 Å². The lowest BCUT2D eigenvalue weighted by Gasteiger charge is -2.15. The third-order valence-electron chi connectivity index (χ3n) is 4.88. The third kappa shape index (κ3) is 5.63. The van der Waals surface area contributed by atoms with E-state index in [0.717, 1.165) is 12.1 Å². The van der Waals surface area contributed by atoms with E-state index >= 15 is 0 Å². The quantitative estimate of drug-likeness (QED) is 0.448. The molecule has 7 heteroatoms. The second-order valence-electron chi connectivity index (χ2n) is 7.77. The molecule has 0 atom stereocenters. The van der Waals surface area contributed by atoms with E-state index in [9.17, 15) is 14.4 Å². The van der Waals surface area contributed by atoms with Crippen LogP contribution in [0.15, 0.2) is 42.5 Å². The van der Waals surface area contributed by atoms with Gasteiger partial charge in [0.25, 0.3) is 0 Å². The summed E-state index contributed by atoms with van der Waals surface area (Å²) in [5.41, 5.74) is 1.45. The second kappa shape index (κ2) is 10.1. The molecule has 1 amide bonds. The minimum Gasteiger partial charge on any atom is -0.493 e. The van der Waals surface area contributed by atoms with Crippen LogP contribution >= 0.6 is 0 Å². The Balaban J connectivity index is 1.58. The number of esters is 1. The molecule has 0 saturated carbocycles. The standard InChI is InChI=1S/C24H27NO6/c1-16(2)14-30-21-11-8-18(13-22(21)29-3)24(28)31-15-20(26)17-6-9-19(10-7-17)25-12-4-5-23(25)27/h6-11,13,16H,4-5,12,14-15H2,1-3H3. The van der Waals surface area contributed by atoms with Crippen molar-refractivity contribution in [1.29, 1.82) is 0 Å². The summed E-state index contributed by atoms with van der Waals surface area (Å²) in [7, 11) is 1.50. The summed E-state index contributed by atoms with van der Waals surface area (Å²) < 4.78 is 16.2. The highest BCUT2D eigenvalue weighted by molar-refractivity contribution is 6.00. The fourth-order valence-corrected chi connectivity index (χ4v) is 3.22. The molecule has 0 bridgehead atoms. The monoisotopic (exact) mass is 425 g/mol. The predicted molar refractivity (Wildman–Crippen MR) is 116 cm³/mol. The van der Waals surface area contributed by atoms with Gasteiger partial charge >= 0.3 is 5.97 Å². The minimum atomic E-state index is -0.624. The second-order valence-corrected chi connectivity index (χ2v) is 7.77. The lowest BCUT2D eigenvalue weighted by molar-refractivity contribution is -0.117. The smallest absolute Gasteiger partial charge is 0.338 e. The van der Waals surface area contributed by atoms with Gasteiger partial charge in [0.05, 0.1) is 19.3 Å². The van der Waals surface area contributed by atoms with Crippen molar-refractivity contribution in [2.45, 2.75) is 26.7 Å². The molecule has 0 radical (unpaired) electrons. The van der Waals surface area contributed by atoms with Gasteiger partial charge in [-0.2, -0.15) is 0 Å². The van der Waals surface area contributed by atoms with Gasteiger partial charge in [-0.25, -0.2) is 4.79 Å². The summed E-state index contributed by atoms with van der Waals surface area (Å²) in [4.78, 5) is 38.3. The summed E-state index contributed by atoms with van der Waals surface area (Å²) in [6.45, 7) is 4.91. The number of ketones is 1. The number of rotatable bonds is 9. The first kappa shape index (κ1) is 22.3. The molecule has 1 saturated heterocycles. The first-order valence-corrected chi connectivity index (χ1v) is 10.3. The van der Waals surface area contributed by atoms with Gasteiger partial charge in [0.15, 0.2) is 23.9 Å². The summed E-state index contributed by atoms with van der Waals surface area (Å²) in [5.74, 6) is 0.459. The van der Waals surface area contributed by atoms with Crippen molar-refractivity contribution >= 4 is 23.3 Å². The summed E-state index contributed by atoms with van der Waals surface area (Å²) in [6.07, 6.45) is 1.39. The Bertz CT molecular complexity index is 951. The van der Waals surface area contributed by atoms with Crippen LogP contribution < -0.4 is 14.4 Å². The number of carbonyl (C=O) groups is 3. The highest BCUT2D eigenvalue weighted by atomic mass is 16.5. The number of carbonyl (C=O) groups excluding carboxylic acids is 3. The molecule has 0 spiro atoms. The zero-order valence-corrected chi connectivity index (χ0v) is 18.1. The molecule has 1 aliphatic rings. The van der Waals surface area contributed by atoms with Crippen LogP contribution in [-0.2, 0) is 9.53 Å². The van der Waals surface area contributed by atoms with Gasteiger partial charge in [-0.15, -0.1) is 0 Å². The Morgan fingerprint density at radius 2 is 1.74 bits per heavy atom. The Morgan fingerprint density at radius 3 is 2.35 bits per heavy atom. The predicted octanol–water partition coefficient (Wildman–Crippen LogP) is 3.90. The Labute approximate surface area is 181 Å². The molecule has 2 aromatic rings. The number of ether oxygens (including phenoxy) is 3. The van der Waals surface area contributed by atoms with Gasteiger partial charge < -0.3 is 19.1 Å². The van der Waals surface area contributed by atoms with E-state index < -0.39 is 5.97 Å². The fourth-order valence-electron chi connectivity index (χ4n) is 3.22. The fraction of sp³-hybridized carbons (Fsp3) is 0.375. The number of amides is 1. The molecule has 164 valence electrons. The first-order valence-electron chi connectivity index (χ1n) is 10.3. The molecule has 1 aliphatic heterocycles. The highest BCUT2D eigenvalue weighted by Crippen LogP contribution is 2.29. The summed E-state index contributed by atoms with van der Waals surface area (Å²) in [5, 5.41) is 0. The Morgan fingerprint density at radius 1 is 1.03 bits per heavy atom. The highest BCUT2D eigenvalue weighted by Gasteiger charge is 2.22. The van der Waals surface area contributed by atoms with Crippen LogP contribution in [0.5, 0.6) is 11.5 Å². The van der Waals surface area contributed by atoms with Gasteiger partial charge in [0.1, 0.15) is 0 Å². The van der Waals surface area contributed by atoms with Crippen LogP contribution in [0.1, 0.15) is 47.4 Å². The first-order chi connectivity index (χ1) is 14.9. The van der Waals surface area contributed by atoms with E-state index in [4.69, 9.17) is 14.2 Å². The molecule has 0 aromatic heterocycles. The van der Waals surface area contributed by atoms with Crippen molar-refractivity contribution in [1.82, 2.24) is 0 Å². The Kier molecular flexibility index (Phi) is 7.28. The van der Waals surface area contributed by atoms with Crippen molar-refractivity contribution < 1.29 is 28.6 Å². The van der Waals surface area contributed by atoms with Crippen molar-refractivity contribution in [2.75, 3.05) is 31.8 Å². The largest absolute Gasteiger partial charge is 0.493 e. The van der Waals surface area contributed by atoms with Crippen molar-refractivity contribution in [3.8, 4) is 11.5 Å². The van der Waals surface area contributed by atoms with Gasteiger partial charge in [-0.05, 0) is 54.8 Å². The van der Waals surface area contributed by atoms with Gasteiger partial charge in [0, 0.05) is 24.2 Å².